The lowest BCUT2D eigenvalue weighted by Gasteiger charge is -2.20. The number of rotatable bonds is 4. The second-order valence-electron chi connectivity index (χ2n) is 3.93. The van der Waals surface area contributed by atoms with Gasteiger partial charge in [-0.3, -0.25) is 9.78 Å². The summed E-state index contributed by atoms with van der Waals surface area (Å²) in [6.45, 7) is 3.73. The highest BCUT2D eigenvalue weighted by Crippen LogP contribution is 2.03. The molecule has 1 atom stereocenters. The second-order valence-corrected chi connectivity index (χ2v) is 3.93. The van der Waals surface area contributed by atoms with Crippen molar-refractivity contribution in [3.63, 3.8) is 0 Å². The number of nitrogens with zero attached hydrogens (tertiary/aromatic N) is 2. The van der Waals surface area contributed by atoms with Crippen LogP contribution in [0.1, 0.15) is 24.3 Å². The fourth-order valence-electron chi connectivity index (χ4n) is 1.36. The number of carbonyl (C=O) groups excluding carboxylic acids is 1. The topological polar surface area (TPSA) is 101 Å². The molecular weight excluding hydrogens is 220 g/mol. The Morgan fingerprint density at radius 3 is 2.71 bits per heavy atom. The molecule has 0 radical (unpaired) electrons. The van der Waals surface area contributed by atoms with E-state index in [1.54, 1.807) is 18.2 Å². The maximum absolute atomic E-state index is 11.8. The van der Waals surface area contributed by atoms with Crippen LogP contribution in [-0.4, -0.2) is 28.0 Å². The van der Waals surface area contributed by atoms with Crippen LogP contribution < -0.4 is 11.1 Å². The molecule has 0 saturated heterocycles. The molecule has 0 aliphatic heterocycles. The number of amidine groups is 1. The number of amides is 1. The fraction of sp³-hybridized carbons (Fsp3) is 0.364. The lowest BCUT2D eigenvalue weighted by atomic mass is 10.0. The molecule has 17 heavy (non-hydrogen) atoms. The number of pyridine rings is 1. The van der Waals surface area contributed by atoms with Crippen LogP contribution in [-0.2, 0) is 0 Å². The smallest absolute Gasteiger partial charge is 0.270 e. The van der Waals surface area contributed by atoms with Gasteiger partial charge in [0.05, 0.1) is 6.04 Å². The number of aromatic nitrogens is 1. The standard InChI is InChI=1S/C11H16N4O2/c1-7(2)9(10(12)15-17)14-11(16)8-5-3-4-6-13-8/h3-7,9,17H,1-2H3,(H2,12,15)(H,14,16). The van der Waals surface area contributed by atoms with E-state index in [9.17, 15) is 4.79 Å². The van der Waals surface area contributed by atoms with Gasteiger partial charge in [-0.1, -0.05) is 25.1 Å². The first-order chi connectivity index (χ1) is 8.06. The molecule has 1 amide bonds. The number of hydrogen-bond donors (Lipinski definition) is 3. The van der Waals surface area contributed by atoms with E-state index in [1.165, 1.54) is 6.20 Å². The molecule has 0 aromatic carbocycles. The average molecular weight is 236 g/mol. The lowest BCUT2D eigenvalue weighted by Crippen LogP contribution is -2.48. The Morgan fingerprint density at radius 1 is 1.53 bits per heavy atom. The Morgan fingerprint density at radius 2 is 2.24 bits per heavy atom. The van der Waals surface area contributed by atoms with Gasteiger partial charge >= 0.3 is 0 Å². The monoisotopic (exact) mass is 236 g/mol. The van der Waals surface area contributed by atoms with E-state index in [1.807, 2.05) is 13.8 Å². The third-order valence-electron chi connectivity index (χ3n) is 2.28. The quantitative estimate of drug-likeness (QED) is 0.308. The van der Waals surface area contributed by atoms with Crippen LogP contribution in [0.15, 0.2) is 29.6 Å². The predicted molar refractivity (Wildman–Crippen MR) is 63.7 cm³/mol. The van der Waals surface area contributed by atoms with Gasteiger partial charge < -0.3 is 16.3 Å². The first-order valence-electron chi connectivity index (χ1n) is 5.25. The van der Waals surface area contributed by atoms with E-state index in [-0.39, 0.29) is 17.7 Å². The van der Waals surface area contributed by atoms with E-state index in [0.717, 1.165) is 0 Å². The van der Waals surface area contributed by atoms with Gasteiger partial charge in [0, 0.05) is 6.20 Å². The molecule has 0 aliphatic rings. The zero-order chi connectivity index (χ0) is 12.8. The van der Waals surface area contributed by atoms with Crippen molar-refractivity contribution >= 4 is 11.7 Å². The van der Waals surface area contributed by atoms with E-state index < -0.39 is 6.04 Å². The number of oxime groups is 1. The molecule has 92 valence electrons. The summed E-state index contributed by atoms with van der Waals surface area (Å²) in [5.74, 6) is -0.362. The van der Waals surface area contributed by atoms with Crippen molar-refractivity contribution in [2.75, 3.05) is 0 Å². The predicted octanol–water partition coefficient (Wildman–Crippen LogP) is 0.582. The number of nitrogens with two attached hydrogens (primary N) is 1. The summed E-state index contributed by atoms with van der Waals surface area (Å²) in [4.78, 5) is 15.7. The summed E-state index contributed by atoms with van der Waals surface area (Å²) in [6.07, 6.45) is 1.53. The van der Waals surface area contributed by atoms with Crippen LogP contribution in [0.2, 0.25) is 0 Å². The third kappa shape index (κ3) is 3.44. The molecule has 6 heteroatoms. The van der Waals surface area contributed by atoms with Gasteiger partial charge in [-0.25, -0.2) is 0 Å². The van der Waals surface area contributed by atoms with Gasteiger partial charge in [-0.15, -0.1) is 0 Å². The molecule has 1 unspecified atom stereocenters. The van der Waals surface area contributed by atoms with Gasteiger partial charge in [-0.2, -0.15) is 0 Å². The Hall–Kier alpha value is -2.11. The highest BCUT2D eigenvalue weighted by molar-refractivity contribution is 5.96. The third-order valence-corrected chi connectivity index (χ3v) is 2.28. The fourth-order valence-corrected chi connectivity index (χ4v) is 1.36. The largest absolute Gasteiger partial charge is 0.409 e. The molecule has 1 heterocycles. The molecule has 1 aromatic rings. The van der Waals surface area contributed by atoms with E-state index in [0.29, 0.717) is 5.69 Å². The molecule has 0 fully saturated rings. The minimum atomic E-state index is -0.519. The van der Waals surface area contributed by atoms with Crippen molar-refractivity contribution in [3.05, 3.63) is 30.1 Å². The van der Waals surface area contributed by atoms with Gasteiger partial charge in [-0.05, 0) is 18.1 Å². The van der Waals surface area contributed by atoms with Crippen LogP contribution >= 0.6 is 0 Å². The number of nitrogens with one attached hydrogen (secondary N) is 1. The van der Waals surface area contributed by atoms with Crippen molar-refractivity contribution in [1.29, 1.82) is 0 Å². The molecule has 6 nitrogen and oxygen atoms in total. The van der Waals surface area contributed by atoms with Crippen LogP contribution in [0.25, 0.3) is 0 Å². The summed E-state index contributed by atoms with van der Waals surface area (Å²) in [7, 11) is 0. The molecule has 0 bridgehead atoms. The SMILES string of the molecule is CC(C)C(NC(=O)c1ccccn1)C(N)=NO. The first kappa shape index (κ1) is 13.0. The molecular formula is C11H16N4O2. The van der Waals surface area contributed by atoms with E-state index in [2.05, 4.69) is 15.5 Å². The van der Waals surface area contributed by atoms with Crippen LogP contribution in [0.5, 0.6) is 0 Å². The Bertz CT molecular complexity index is 403. The normalized spacial score (nSPS) is 13.5. The molecule has 0 spiro atoms. The molecule has 1 rings (SSSR count). The van der Waals surface area contributed by atoms with Crippen LogP contribution in [0.4, 0.5) is 0 Å². The molecule has 0 saturated carbocycles. The van der Waals surface area contributed by atoms with Gasteiger partial charge in [0.1, 0.15) is 5.69 Å². The van der Waals surface area contributed by atoms with Gasteiger partial charge in [0.15, 0.2) is 5.84 Å². The first-order valence-corrected chi connectivity index (χ1v) is 5.25. The summed E-state index contributed by atoms with van der Waals surface area (Å²) in [5, 5.41) is 14.2. The van der Waals surface area contributed by atoms with Crippen LogP contribution in [0, 0.1) is 5.92 Å². The van der Waals surface area contributed by atoms with Crippen molar-refractivity contribution in [1.82, 2.24) is 10.3 Å². The van der Waals surface area contributed by atoms with Gasteiger partial charge in [0.25, 0.3) is 5.91 Å². The molecule has 4 N–H and O–H groups in total. The second kappa shape index (κ2) is 5.83. The Balaban J connectivity index is 2.79. The zero-order valence-electron chi connectivity index (χ0n) is 9.79. The van der Waals surface area contributed by atoms with E-state index in [4.69, 9.17) is 10.9 Å². The van der Waals surface area contributed by atoms with Crippen molar-refractivity contribution in [3.8, 4) is 0 Å². The maximum Gasteiger partial charge on any atom is 0.270 e. The summed E-state index contributed by atoms with van der Waals surface area (Å²) in [5.41, 5.74) is 5.80. The van der Waals surface area contributed by atoms with Crippen molar-refractivity contribution in [2.45, 2.75) is 19.9 Å². The lowest BCUT2D eigenvalue weighted by molar-refractivity contribution is 0.0934. The Labute approximate surface area is 99.5 Å². The average Bonchev–Trinajstić information content (AvgIpc) is 2.35. The maximum atomic E-state index is 11.8. The highest BCUT2D eigenvalue weighted by atomic mass is 16.4. The molecule has 1 aromatic heterocycles. The van der Waals surface area contributed by atoms with E-state index >= 15 is 0 Å². The summed E-state index contributed by atoms with van der Waals surface area (Å²) < 4.78 is 0. The molecule has 0 aliphatic carbocycles. The Kier molecular flexibility index (Phi) is 4.45. The highest BCUT2D eigenvalue weighted by Gasteiger charge is 2.21. The number of hydrogen-bond acceptors (Lipinski definition) is 4. The minimum absolute atomic E-state index is 0.0126. The summed E-state index contributed by atoms with van der Waals surface area (Å²) >= 11 is 0. The van der Waals surface area contributed by atoms with Crippen LogP contribution in [0.3, 0.4) is 0 Å². The minimum Gasteiger partial charge on any atom is -0.409 e. The zero-order valence-corrected chi connectivity index (χ0v) is 9.79. The van der Waals surface area contributed by atoms with Gasteiger partial charge in [0.2, 0.25) is 0 Å². The van der Waals surface area contributed by atoms with Crippen molar-refractivity contribution in [2.24, 2.45) is 16.8 Å². The number of carbonyl (C=O) groups is 1. The van der Waals surface area contributed by atoms with Crippen molar-refractivity contribution < 1.29 is 10.0 Å². The summed E-state index contributed by atoms with van der Waals surface area (Å²) in [6, 6.07) is 4.52.